The summed E-state index contributed by atoms with van der Waals surface area (Å²) in [5.41, 5.74) is 0.863. The van der Waals surface area contributed by atoms with E-state index in [1.165, 1.54) is 4.31 Å². The summed E-state index contributed by atoms with van der Waals surface area (Å²) in [5.74, 6) is 0. The van der Waals surface area contributed by atoms with Crippen LogP contribution in [0.15, 0.2) is 29.8 Å². The SMILES string of the molecule is C=CCN(CC)S(=O)(=O)c1c[nH]c(CNC(C)C)c1. The maximum absolute atomic E-state index is 12.3. The van der Waals surface area contributed by atoms with Crippen LogP contribution in [-0.4, -0.2) is 36.8 Å². The average molecular weight is 285 g/mol. The number of aromatic amines is 1. The highest BCUT2D eigenvalue weighted by Gasteiger charge is 2.23. The van der Waals surface area contributed by atoms with Crippen LogP contribution in [0.1, 0.15) is 26.5 Å². The van der Waals surface area contributed by atoms with Crippen molar-refractivity contribution in [2.75, 3.05) is 13.1 Å². The molecule has 0 bridgehead atoms. The summed E-state index contributed by atoms with van der Waals surface area (Å²) in [6, 6.07) is 2.03. The van der Waals surface area contributed by atoms with Crippen LogP contribution in [0.5, 0.6) is 0 Å². The van der Waals surface area contributed by atoms with Gasteiger partial charge in [-0.15, -0.1) is 6.58 Å². The molecule has 0 spiro atoms. The Bertz CT molecular complexity index is 506. The van der Waals surface area contributed by atoms with Crippen LogP contribution in [0.2, 0.25) is 0 Å². The van der Waals surface area contributed by atoms with Crippen LogP contribution < -0.4 is 5.32 Å². The molecule has 0 saturated heterocycles. The molecule has 5 nitrogen and oxygen atoms in total. The fourth-order valence-electron chi connectivity index (χ4n) is 1.67. The van der Waals surface area contributed by atoms with Crippen LogP contribution in [-0.2, 0) is 16.6 Å². The quantitative estimate of drug-likeness (QED) is 0.715. The fourth-order valence-corrected chi connectivity index (χ4v) is 3.11. The van der Waals surface area contributed by atoms with Gasteiger partial charge in [-0.3, -0.25) is 0 Å². The second-order valence-corrected chi connectivity index (χ2v) is 6.58. The molecule has 0 amide bonds. The maximum atomic E-state index is 12.3. The topological polar surface area (TPSA) is 65.2 Å². The Morgan fingerprint density at radius 1 is 1.53 bits per heavy atom. The molecule has 108 valence electrons. The van der Waals surface area contributed by atoms with E-state index >= 15 is 0 Å². The fraction of sp³-hybridized carbons (Fsp3) is 0.538. The van der Waals surface area contributed by atoms with Crippen molar-refractivity contribution in [3.05, 3.63) is 30.6 Å². The van der Waals surface area contributed by atoms with E-state index in [0.29, 0.717) is 30.6 Å². The van der Waals surface area contributed by atoms with Crippen molar-refractivity contribution < 1.29 is 8.42 Å². The standard InChI is InChI=1S/C13H23N3O2S/c1-5-7-16(6-2)19(17,18)13-8-12(15-10-13)9-14-11(3)4/h5,8,10-11,14-15H,1,6-7,9H2,2-4H3. The lowest BCUT2D eigenvalue weighted by atomic mass is 10.3. The molecule has 2 N–H and O–H groups in total. The smallest absolute Gasteiger partial charge is 0.244 e. The summed E-state index contributed by atoms with van der Waals surface area (Å²) in [4.78, 5) is 3.30. The zero-order valence-corrected chi connectivity index (χ0v) is 12.6. The summed E-state index contributed by atoms with van der Waals surface area (Å²) in [6.07, 6.45) is 3.13. The van der Waals surface area contributed by atoms with Crippen molar-refractivity contribution in [3.8, 4) is 0 Å². The zero-order chi connectivity index (χ0) is 14.5. The first-order valence-electron chi connectivity index (χ1n) is 6.43. The van der Waals surface area contributed by atoms with Crippen molar-refractivity contribution in [1.29, 1.82) is 0 Å². The monoisotopic (exact) mass is 285 g/mol. The third kappa shape index (κ3) is 4.19. The van der Waals surface area contributed by atoms with Crippen LogP contribution >= 0.6 is 0 Å². The van der Waals surface area contributed by atoms with Crippen molar-refractivity contribution in [1.82, 2.24) is 14.6 Å². The number of nitrogens with zero attached hydrogens (tertiary/aromatic N) is 1. The molecule has 6 heteroatoms. The predicted octanol–water partition coefficient (Wildman–Crippen LogP) is 1.71. The minimum Gasteiger partial charge on any atom is -0.363 e. The molecule has 1 heterocycles. The lowest BCUT2D eigenvalue weighted by Crippen LogP contribution is -2.30. The molecule has 1 aromatic rings. The largest absolute Gasteiger partial charge is 0.363 e. The van der Waals surface area contributed by atoms with E-state index < -0.39 is 10.0 Å². The number of H-pyrrole nitrogens is 1. The van der Waals surface area contributed by atoms with E-state index in [1.807, 2.05) is 20.8 Å². The average Bonchev–Trinajstić information content (AvgIpc) is 2.82. The van der Waals surface area contributed by atoms with Gasteiger partial charge in [-0.25, -0.2) is 8.42 Å². The van der Waals surface area contributed by atoms with Gasteiger partial charge in [-0.2, -0.15) is 4.31 Å². The minimum atomic E-state index is -3.43. The highest BCUT2D eigenvalue weighted by atomic mass is 32.2. The lowest BCUT2D eigenvalue weighted by Gasteiger charge is -2.17. The van der Waals surface area contributed by atoms with Gasteiger partial charge in [0.05, 0.1) is 4.90 Å². The van der Waals surface area contributed by atoms with Gasteiger partial charge in [0.1, 0.15) is 0 Å². The summed E-state index contributed by atoms with van der Waals surface area (Å²) in [7, 11) is -3.43. The number of hydrogen-bond acceptors (Lipinski definition) is 3. The Labute approximate surface area is 115 Å². The molecular formula is C13H23N3O2S. The van der Waals surface area contributed by atoms with E-state index in [0.717, 1.165) is 5.69 Å². The van der Waals surface area contributed by atoms with Crippen LogP contribution in [0.25, 0.3) is 0 Å². The van der Waals surface area contributed by atoms with Gasteiger partial charge in [0, 0.05) is 37.6 Å². The molecule has 0 aliphatic carbocycles. The van der Waals surface area contributed by atoms with Crippen molar-refractivity contribution in [3.63, 3.8) is 0 Å². The number of sulfonamides is 1. The van der Waals surface area contributed by atoms with Crippen molar-refractivity contribution in [2.45, 2.75) is 38.3 Å². The Balaban J connectivity index is 2.87. The maximum Gasteiger partial charge on any atom is 0.244 e. The van der Waals surface area contributed by atoms with Crippen LogP contribution in [0, 0.1) is 0 Å². The van der Waals surface area contributed by atoms with E-state index in [2.05, 4.69) is 16.9 Å². The molecule has 1 aromatic heterocycles. The first-order valence-corrected chi connectivity index (χ1v) is 7.87. The molecule has 0 unspecified atom stereocenters. The molecule has 0 aromatic carbocycles. The summed E-state index contributed by atoms with van der Waals surface area (Å²) in [6.45, 7) is 10.9. The van der Waals surface area contributed by atoms with Crippen molar-refractivity contribution in [2.24, 2.45) is 0 Å². The van der Waals surface area contributed by atoms with E-state index in [-0.39, 0.29) is 0 Å². The lowest BCUT2D eigenvalue weighted by molar-refractivity contribution is 0.460. The van der Waals surface area contributed by atoms with Gasteiger partial charge in [-0.1, -0.05) is 26.8 Å². The second-order valence-electron chi connectivity index (χ2n) is 4.64. The number of likely N-dealkylation sites (N-methyl/N-ethyl adjacent to an activating group) is 1. The summed E-state index contributed by atoms with van der Waals surface area (Å²) < 4.78 is 26.1. The van der Waals surface area contributed by atoms with Gasteiger partial charge in [-0.05, 0) is 6.07 Å². The molecule has 0 aliphatic rings. The molecule has 1 rings (SSSR count). The molecule has 0 saturated carbocycles. The summed E-state index contributed by atoms with van der Waals surface area (Å²) in [5, 5.41) is 3.24. The number of hydrogen-bond donors (Lipinski definition) is 2. The zero-order valence-electron chi connectivity index (χ0n) is 11.8. The van der Waals surface area contributed by atoms with Gasteiger partial charge in [0.15, 0.2) is 0 Å². The number of nitrogens with one attached hydrogen (secondary N) is 2. The molecule has 0 aliphatic heterocycles. The third-order valence-electron chi connectivity index (χ3n) is 2.74. The summed E-state index contributed by atoms with van der Waals surface area (Å²) >= 11 is 0. The first-order chi connectivity index (χ1) is 8.91. The Kier molecular flexibility index (Phi) is 5.78. The highest BCUT2D eigenvalue weighted by Crippen LogP contribution is 2.16. The molecule has 0 fully saturated rings. The van der Waals surface area contributed by atoms with E-state index in [9.17, 15) is 8.42 Å². The highest BCUT2D eigenvalue weighted by molar-refractivity contribution is 7.89. The number of aromatic nitrogens is 1. The Morgan fingerprint density at radius 2 is 2.21 bits per heavy atom. The van der Waals surface area contributed by atoms with Gasteiger partial charge < -0.3 is 10.3 Å². The number of rotatable bonds is 8. The van der Waals surface area contributed by atoms with Gasteiger partial charge in [0.25, 0.3) is 0 Å². The van der Waals surface area contributed by atoms with E-state index in [4.69, 9.17) is 0 Å². The second kappa shape index (κ2) is 6.88. The van der Waals surface area contributed by atoms with Crippen LogP contribution in [0.3, 0.4) is 0 Å². The molecule has 19 heavy (non-hydrogen) atoms. The molecule has 0 radical (unpaired) electrons. The Morgan fingerprint density at radius 3 is 2.74 bits per heavy atom. The first kappa shape index (κ1) is 15.9. The molecular weight excluding hydrogens is 262 g/mol. The minimum absolute atomic E-state index is 0.303. The van der Waals surface area contributed by atoms with Crippen molar-refractivity contribution >= 4 is 10.0 Å². The van der Waals surface area contributed by atoms with E-state index in [1.54, 1.807) is 18.3 Å². The molecule has 0 atom stereocenters. The van der Waals surface area contributed by atoms with Crippen LogP contribution in [0.4, 0.5) is 0 Å². The Hall–Kier alpha value is -1.11. The normalized spacial score (nSPS) is 12.3. The predicted molar refractivity (Wildman–Crippen MR) is 77.4 cm³/mol. The van der Waals surface area contributed by atoms with Gasteiger partial charge in [0.2, 0.25) is 10.0 Å². The third-order valence-corrected chi connectivity index (χ3v) is 4.66. The van der Waals surface area contributed by atoms with Gasteiger partial charge >= 0.3 is 0 Å².